The standard InChI is InChI=1S/C10H9BrF2O2/c11-3-1-2-10(14)15-9-5-7(12)4-8(13)6-9/h4-6H,1-3H2. The molecule has 0 saturated carbocycles. The second-order valence-electron chi connectivity index (χ2n) is 2.87. The Morgan fingerprint density at radius 3 is 2.40 bits per heavy atom. The molecule has 0 saturated heterocycles. The minimum Gasteiger partial charge on any atom is -0.426 e. The first-order chi connectivity index (χ1) is 7.11. The van der Waals surface area contributed by atoms with Crippen molar-refractivity contribution in [3.05, 3.63) is 29.8 Å². The van der Waals surface area contributed by atoms with E-state index in [1.165, 1.54) is 0 Å². The molecule has 0 unspecified atom stereocenters. The molecule has 0 aromatic heterocycles. The molecule has 0 heterocycles. The fourth-order valence-electron chi connectivity index (χ4n) is 0.981. The topological polar surface area (TPSA) is 26.3 Å². The van der Waals surface area contributed by atoms with Crippen molar-refractivity contribution >= 4 is 21.9 Å². The van der Waals surface area contributed by atoms with Crippen LogP contribution in [0.25, 0.3) is 0 Å². The number of carbonyl (C=O) groups is 1. The molecule has 0 fully saturated rings. The van der Waals surface area contributed by atoms with E-state index in [2.05, 4.69) is 15.9 Å². The maximum Gasteiger partial charge on any atom is 0.311 e. The lowest BCUT2D eigenvalue weighted by atomic mass is 10.3. The van der Waals surface area contributed by atoms with Crippen molar-refractivity contribution in [2.45, 2.75) is 12.8 Å². The molecular formula is C10H9BrF2O2. The molecule has 0 aliphatic carbocycles. The average Bonchev–Trinajstić information content (AvgIpc) is 2.13. The SMILES string of the molecule is O=C(CCCBr)Oc1cc(F)cc(F)c1. The summed E-state index contributed by atoms with van der Waals surface area (Å²) >= 11 is 3.16. The normalized spacial score (nSPS) is 10.1. The Morgan fingerprint density at radius 2 is 1.87 bits per heavy atom. The van der Waals surface area contributed by atoms with E-state index in [0.29, 0.717) is 11.8 Å². The zero-order valence-electron chi connectivity index (χ0n) is 7.80. The van der Waals surface area contributed by atoms with Crippen LogP contribution < -0.4 is 4.74 Å². The number of hydrogen-bond acceptors (Lipinski definition) is 2. The van der Waals surface area contributed by atoms with Crippen molar-refractivity contribution in [1.29, 1.82) is 0 Å². The largest absolute Gasteiger partial charge is 0.426 e. The van der Waals surface area contributed by atoms with Crippen LogP contribution >= 0.6 is 15.9 Å². The van der Waals surface area contributed by atoms with Gasteiger partial charge in [0.1, 0.15) is 17.4 Å². The van der Waals surface area contributed by atoms with Crippen LogP contribution in [0.2, 0.25) is 0 Å². The summed E-state index contributed by atoms with van der Waals surface area (Å²) in [5.74, 6) is -2.14. The minimum absolute atomic E-state index is 0.105. The summed E-state index contributed by atoms with van der Waals surface area (Å²) < 4.78 is 30.1. The van der Waals surface area contributed by atoms with Gasteiger partial charge in [0, 0.05) is 30.0 Å². The fourth-order valence-corrected chi connectivity index (χ4v) is 1.26. The summed E-state index contributed by atoms with van der Waals surface area (Å²) in [6.07, 6.45) is 0.833. The summed E-state index contributed by atoms with van der Waals surface area (Å²) in [5.41, 5.74) is 0. The van der Waals surface area contributed by atoms with Gasteiger partial charge in [-0.15, -0.1) is 0 Å². The Morgan fingerprint density at radius 1 is 1.27 bits per heavy atom. The smallest absolute Gasteiger partial charge is 0.311 e. The van der Waals surface area contributed by atoms with Gasteiger partial charge in [0.2, 0.25) is 0 Å². The molecule has 0 aliphatic rings. The predicted molar refractivity (Wildman–Crippen MR) is 55.0 cm³/mol. The monoisotopic (exact) mass is 278 g/mol. The number of halogens is 3. The summed E-state index contributed by atoms with van der Waals surface area (Å²) in [6.45, 7) is 0. The lowest BCUT2D eigenvalue weighted by molar-refractivity contribution is -0.134. The molecule has 1 rings (SSSR count). The Bertz CT molecular complexity index is 335. The van der Waals surface area contributed by atoms with Crippen LogP contribution in [-0.2, 0) is 4.79 Å². The summed E-state index contributed by atoms with van der Waals surface area (Å²) in [4.78, 5) is 11.1. The molecule has 0 aliphatic heterocycles. The maximum atomic E-state index is 12.7. The van der Waals surface area contributed by atoms with Gasteiger partial charge in [-0.2, -0.15) is 0 Å². The van der Waals surface area contributed by atoms with Crippen molar-refractivity contribution in [2.24, 2.45) is 0 Å². The lowest BCUT2D eigenvalue weighted by Crippen LogP contribution is -2.08. The number of benzene rings is 1. The number of carbonyl (C=O) groups excluding carboxylic acids is 1. The molecule has 0 atom stereocenters. The van der Waals surface area contributed by atoms with E-state index in [9.17, 15) is 13.6 Å². The zero-order chi connectivity index (χ0) is 11.3. The first-order valence-corrected chi connectivity index (χ1v) is 5.46. The molecule has 1 aromatic rings. The quantitative estimate of drug-likeness (QED) is 0.481. The first-order valence-electron chi connectivity index (χ1n) is 4.34. The van der Waals surface area contributed by atoms with E-state index in [-0.39, 0.29) is 12.2 Å². The Balaban J connectivity index is 2.60. The molecule has 15 heavy (non-hydrogen) atoms. The van der Waals surface area contributed by atoms with E-state index in [0.717, 1.165) is 18.2 Å². The van der Waals surface area contributed by atoms with Gasteiger partial charge in [-0.25, -0.2) is 8.78 Å². The molecule has 0 spiro atoms. The number of esters is 1. The first kappa shape index (κ1) is 12.1. The average molecular weight is 279 g/mol. The molecule has 0 N–H and O–H groups in total. The number of hydrogen-bond donors (Lipinski definition) is 0. The van der Waals surface area contributed by atoms with E-state index in [4.69, 9.17) is 4.74 Å². The summed E-state index contributed by atoms with van der Waals surface area (Å²) in [5, 5.41) is 0.680. The highest BCUT2D eigenvalue weighted by Crippen LogP contribution is 2.16. The summed E-state index contributed by atoms with van der Waals surface area (Å²) in [7, 11) is 0. The van der Waals surface area contributed by atoms with Gasteiger partial charge in [-0.05, 0) is 6.42 Å². The van der Waals surface area contributed by atoms with Crippen LogP contribution in [0, 0.1) is 11.6 Å². The van der Waals surface area contributed by atoms with E-state index < -0.39 is 17.6 Å². The van der Waals surface area contributed by atoms with Crippen molar-refractivity contribution in [3.8, 4) is 5.75 Å². The van der Waals surface area contributed by atoms with Gasteiger partial charge in [0.05, 0.1) is 0 Å². The van der Waals surface area contributed by atoms with Gasteiger partial charge in [-0.3, -0.25) is 4.79 Å². The number of rotatable bonds is 4. The molecule has 1 aromatic carbocycles. The van der Waals surface area contributed by atoms with Crippen molar-refractivity contribution in [3.63, 3.8) is 0 Å². The Kier molecular flexibility index (Phi) is 4.68. The molecular weight excluding hydrogens is 270 g/mol. The molecule has 82 valence electrons. The highest BCUT2D eigenvalue weighted by Gasteiger charge is 2.06. The van der Waals surface area contributed by atoms with Crippen molar-refractivity contribution in [1.82, 2.24) is 0 Å². The molecule has 0 amide bonds. The second kappa shape index (κ2) is 5.80. The lowest BCUT2D eigenvalue weighted by Gasteiger charge is -2.03. The molecule has 0 radical (unpaired) electrons. The predicted octanol–water partition coefficient (Wildman–Crippen LogP) is 3.05. The van der Waals surface area contributed by atoms with Gasteiger partial charge in [-0.1, -0.05) is 15.9 Å². The molecule has 2 nitrogen and oxygen atoms in total. The molecule has 0 bridgehead atoms. The summed E-state index contributed by atoms with van der Waals surface area (Å²) in [6, 6.07) is 2.65. The zero-order valence-corrected chi connectivity index (χ0v) is 9.39. The fraction of sp³-hybridized carbons (Fsp3) is 0.300. The second-order valence-corrected chi connectivity index (χ2v) is 3.66. The van der Waals surface area contributed by atoms with Crippen LogP contribution in [0.3, 0.4) is 0 Å². The highest BCUT2D eigenvalue weighted by molar-refractivity contribution is 9.09. The van der Waals surface area contributed by atoms with Crippen LogP contribution in [-0.4, -0.2) is 11.3 Å². The van der Waals surface area contributed by atoms with Gasteiger partial charge < -0.3 is 4.74 Å². The van der Waals surface area contributed by atoms with Crippen LogP contribution in [0.5, 0.6) is 5.75 Å². The van der Waals surface area contributed by atoms with Crippen LogP contribution in [0.15, 0.2) is 18.2 Å². The van der Waals surface area contributed by atoms with E-state index >= 15 is 0 Å². The third-order valence-corrected chi connectivity index (χ3v) is 2.14. The Labute approximate surface area is 94.4 Å². The van der Waals surface area contributed by atoms with Gasteiger partial charge in [0.15, 0.2) is 0 Å². The van der Waals surface area contributed by atoms with Gasteiger partial charge >= 0.3 is 5.97 Å². The van der Waals surface area contributed by atoms with E-state index in [1.807, 2.05) is 0 Å². The minimum atomic E-state index is -0.765. The van der Waals surface area contributed by atoms with Crippen molar-refractivity contribution in [2.75, 3.05) is 5.33 Å². The molecule has 5 heteroatoms. The Hall–Kier alpha value is -0.970. The number of alkyl halides is 1. The van der Waals surface area contributed by atoms with Crippen LogP contribution in [0.1, 0.15) is 12.8 Å². The van der Waals surface area contributed by atoms with Crippen molar-refractivity contribution < 1.29 is 18.3 Å². The van der Waals surface area contributed by atoms with Gasteiger partial charge in [0.25, 0.3) is 0 Å². The third-order valence-electron chi connectivity index (χ3n) is 1.58. The maximum absolute atomic E-state index is 12.7. The van der Waals surface area contributed by atoms with Crippen LogP contribution in [0.4, 0.5) is 8.78 Å². The highest BCUT2D eigenvalue weighted by atomic mass is 79.9. The third kappa shape index (κ3) is 4.38. The number of ether oxygens (including phenoxy) is 1. The van der Waals surface area contributed by atoms with E-state index in [1.54, 1.807) is 0 Å².